The zero-order valence-corrected chi connectivity index (χ0v) is 21.4. The van der Waals surface area contributed by atoms with Crippen LogP contribution in [0.4, 0.5) is 49.9 Å². The van der Waals surface area contributed by atoms with Crippen molar-refractivity contribution in [2.45, 2.75) is 57.6 Å². The van der Waals surface area contributed by atoms with E-state index in [2.05, 4.69) is 25.0 Å². The number of anilines is 4. The molecule has 2 aliphatic rings. The third-order valence-electron chi connectivity index (χ3n) is 6.85. The van der Waals surface area contributed by atoms with Gasteiger partial charge in [0, 0.05) is 18.8 Å². The summed E-state index contributed by atoms with van der Waals surface area (Å²) in [6.07, 6.45) is -4.83. The highest BCUT2D eigenvalue weighted by molar-refractivity contribution is 5.62. The van der Waals surface area contributed by atoms with E-state index in [-0.39, 0.29) is 36.1 Å². The first-order valence-corrected chi connectivity index (χ1v) is 12.7. The van der Waals surface area contributed by atoms with Gasteiger partial charge >= 0.3 is 12.5 Å². The topological polar surface area (TPSA) is 102 Å². The lowest BCUT2D eigenvalue weighted by molar-refractivity contribution is -0.276. The highest BCUT2D eigenvalue weighted by atomic mass is 19.4. The van der Waals surface area contributed by atoms with E-state index in [1.807, 2.05) is 11.8 Å². The first-order chi connectivity index (χ1) is 18.4. The van der Waals surface area contributed by atoms with E-state index in [0.717, 1.165) is 31.7 Å². The summed E-state index contributed by atoms with van der Waals surface area (Å²) < 4.78 is 89.1. The van der Waals surface area contributed by atoms with Gasteiger partial charge in [-0.05, 0) is 43.5 Å². The molecule has 15 heteroatoms. The Kier molecular flexibility index (Phi) is 8.89. The number of hydrogen-bond acceptors (Lipinski definition) is 9. The summed E-state index contributed by atoms with van der Waals surface area (Å²) in [5.74, 6) is -0.965. The molecule has 2 fully saturated rings. The number of ether oxygens (including phenoxy) is 2. The van der Waals surface area contributed by atoms with Crippen LogP contribution in [-0.2, 0) is 10.9 Å². The molecule has 0 spiro atoms. The molecule has 0 radical (unpaired) electrons. The van der Waals surface area contributed by atoms with Crippen LogP contribution < -0.4 is 20.7 Å². The Morgan fingerprint density at radius 2 is 1.85 bits per heavy atom. The third kappa shape index (κ3) is 7.75. The summed E-state index contributed by atoms with van der Waals surface area (Å²) in [6.45, 7) is 3.82. The molecular formula is C24H31F6N7O2. The van der Waals surface area contributed by atoms with E-state index < -0.39 is 23.9 Å². The van der Waals surface area contributed by atoms with Gasteiger partial charge in [-0.25, -0.2) is 0 Å². The van der Waals surface area contributed by atoms with Gasteiger partial charge in [0.1, 0.15) is 5.75 Å². The number of benzene rings is 1. The first kappa shape index (κ1) is 28.9. The van der Waals surface area contributed by atoms with E-state index in [1.54, 1.807) is 0 Å². The van der Waals surface area contributed by atoms with Gasteiger partial charge in [-0.1, -0.05) is 26.2 Å². The number of alkyl halides is 6. The molecule has 1 unspecified atom stereocenters. The smallest absolute Gasteiger partial charge is 0.405 e. The number of halogens is 6. The molecular weight excluding hydrogens is 532 g/mol. The van der Waals surface area contributed by atoms with E-state index in [4.69, 9.17) is 10.5 Å². The van der Waals surface area contributed by atoms with Crippen molar-refractivity contribution >= 4 is 23.5 Å². The molecule has 0 amide bonds. The summed E-state index contributed by atoms with van der Waals surface area (Å²) in [6, 6.07) is 2.06. The number of aromatic nitrogens is 3. The average Bonchev–Trinajstić information content (AvgIpc) is 3.32. The summed E-state index contributed by atoms with van der Waals surface area (Å²) in [5.41, 5.74) is 4.27. The molecule has 1 saturated heterocycles. The predicted molar refractivity (Wildman–Crippen MR) is 131 cm³/mol. The summed E-state index contributed by atoms with van der Waals surface area (Å²) in [7, 11) is 0. The highest BCUT2D eigenvalue weighted by Crippen LogP contribution is 2.41. The maximum Gasteiger partial charge on any atom is 0.573 e. The van der Waals surface area contributed by atoms with Crippen molar-refractivity contribution in [3.05, 3.63) is 23.8 Å². The van der Waals surface area contributed by atoms with Crippen LogP contribution in [0.25, 0.3) is 0 Å². The summed E-state index contributed by atoms with van der Waals surface area (Å²) in [5, 5.41) is 3.16. The highest BCUT2D eigenvalue weighted by Gasteiger charge is 2.40. The van der Waals surface area contributed by atoms with Crippen molar-refractivity contribution in [1.29, 1.82) is 0 Å². The molecule has 1 aromatic carbocycles. The van der Waals surface area contributed by atoms with Crippen LogP contribution >= 0.6 is 0 Å². The van der Waals surface area contributed by atoms with Crippen molar-refractivity contribution in [2.75, 3.05) is 48.9 Å². The van der Waals surface area contributed by atoms with Gasteiger partial charge in [0.2, 0.25) is 17.8 Å². The Hall–Kier alpha value is -3.07. The largest absolute Gasteiger partial charge is 0.573 e. The molecule has 2 heterocycles. The van der Waals surface area contributed by atoms with Crippen LogP contribution in [0, 0.1) is 5.92 Å². The molecule has 1 saturated carbocycles. The van der Waals surface area contributed by atoms with E-state index >= 15 is 0 Å². The minimum atomic E-state index is -5.30. The first-order valence-electron chi connectivity index (χ1n) is 12.7. The van der Waals surface area contributed by atoms with Crippen LogP contribution in [0.1, 0.15) is 44.6 Å². The van der Waals surface area contributed by atoms with Gasteiger partial charge in [-0.15, -0.1) is 13.2 Å². The monoisotopic (exact) mass is 563 g/mol. The van der Waals surface area contributed by atoms with Crippen molar-refractivity contribution in [3.8, 4) is 5.75 Å². The van der Waals surface area contributed by atoms with Crippen LogP contribution in [-0.4, -0.2) is 65.2 Å². The Bertz CT molecular complexity index is 1110. The fourth-order valence-electron chi connectivity index (χ4n) is 4.88. The lowest BCUT2D eigenvalue weighted by Crippen LogP contribution is -2.40. The Balaban J connectivity index is 1.70. The lowest BCUT2D eigenvalue weighted by Gasteiger charge is -2.30. The zero-order valence-electron chi connectivity index (χ0n) is 21.4. The van der Waals surface area contributed by atoms with Crippen LogP contribution in [0.15, 0.2) is 18.2 Å². The second-order valence-corrected chi connectivity index (χ2v) is 9.60. The standard InChI is InChI=1S/C24H31F6N7O2/c1-2-36-14-38-13-17(36)12-37(16-8-9-19(39-24(28,29)30)18(10-16)23(25,26)27)22-34-20(31)33-21(35-22)32-11-15-6-4-3-5-7-15/h8-10,15,17H,2-7,11-14H2,1H3,(H3,31,32,33,34,35). The molecule has 1 atom stereocenters. The molecule has 1 aromatic heterocycles. The number of likely N-dealkylation sites (N-methyl/N-ethyl adjacent to an activating group) is 1. The minimum Gasteiger partial charge on any atom is -0.405 e. The summed E-state index contributed by atoms with van der Waals surface area (Å²) >= 11 is 0. The Morgan fingerprint density at radius 1 is 1.10 bits per heavy atom. The number of rotatable bonds is 9. The molecule has 39 heavy (non-hydrogen) atoms. The van der Waals surface area contributed by atoms with Gasteiger partial charge in [0.05, 0.1) is 24.9 Å². The molecule has 2 aromatic rings. The fourth-order valence-corrected chi connectivity index (χ4v) is 4.88. The van der Waals surface area contributed by atoms with Crippen LogP contribution in [0.5, 0.6) is 5.75 Å². The summed E-state index contributed by atoms with van der Waals surface area (Å²) in [4.78, 5) is 16.0. The third-order valence-corrected chi connectivity index (χ3v) is 6.85. The molecule has 1 aliphatic heterocycles. The number of nitrogens with zero attached hydrogens (tertiary/aromatic N) is 5. The van der Waals surface area contributed by atoms with Gasteiger partial charge < -0.3 is 25.4 Å². The maximum atomic E-state index is 13.8. The van der Waals surface area contributed by atoms with E-state index in [0.29, 0.717) is 44.5 Å². The predicted octanol–water partition coefficient (Wildman–Crippen LogP) is 5.18. The van der Waals surface area contributed by atoms with Crippen LogP contribution in [0.3, 0.4) is 0 Å². The maximum absolute atomic E-state index is 13.8. The Morgan fingerprint density at radius 3 is 2.51 bits per heavy atom. The van der Waals surface area contributed by atoms with E-state index in [9.17, 15) is 26.3 Å². The zero-order chi connectivity index (χ0) is 28.2. The number of nitrogens with two attached hydrogens (primary N) is 1. The average molecular weight is 564 g/mol. The van der Waals surface area contributed by atoms with Gasteiger partial charge in [0.15, 0.2) is 0 Å². The van der Waals surface area contributed by atoms with Gasteiger partial charge in [-0.3, -0.25) is 4.90 Å². The molecule has 9 nitrogen and oxygen atoms in total. The number of hydrogen-bond donors (Lipinski definition) is 2. The fraction of sp³-hybridized carbons (Fsp3) is 0.625. The number of nitrogen functional groups attached to an aromatic ring is 1. The van der Waals surface area contributed by atoms with Crippen molar-refractivity contribution in [1.82, 2.24) is 19.9 Å². The second-order valence-electron chi connectivity index (χ2n) is 9.60. The Labute approximate surface area is 221 Å². The van der Waals surface area contributed by atoms with E-state index in [1.165, 1.54) is 11.3 Å². The molecule has 216 valence electrons. The van der Waals surface area contributed by atoms with Gasteiger partial charge in [-0.2, -0.15) is 28.1 Å². The quantitative estimate of drug-likeness (QED) is 0.400. The van der Waals surface area contributed by atoms with Crippen molar-refractivity contribution in [2.24, 2.45) is 5.92 Å². The SMILES string of the molecule is CCN1COCC1CN(c1ccc(OC(F)(F)F)c(C(F)(F)F)c1)c1nc(N)nc(NCC2CCCCC2)n1. The lowest BCUT2D eigenvalue weighted by atomic mass is 9.89. The molecule has 3 N–H and O–H groups in total. The molecule has 0 bridgehead atoms. The molecule has 4 rings (SSSR count). The number of nitrogens with one attached hydrogen (secondary N) is 1. The van der Waals surface area contributed by atoms with Gasteiger partial charge in [0.25, 0.3) is 0 Å². The normalized spacial score (nSPS) is 19.3. The van der Waals surface area contributed by atoms with Crippen LogP contribution in [0.2, 0.25) is 0 Å². The van der Waals surface area contributed by atoms with Crippen molar-refractivity contribution < 1.29 is 35.8 Å². The minimum absolute atomic E-state index is 0.0470. The second kappa shape index (κ2) is 12.0. The molecule has 1 aliphatic carbocycles. The van der Waals surface area contributed by atoms with Crippen molar-refractivity contribution in [3.63, 3.8) is 0 Å².